The third-order valence-electron chi connectivity index (χ3n) is 3.50. The van der Waals surface area contributed by atoms with Crippen LogP contribution in [-0.4, -0.2) is 5.78 Å². The predicted molar refractivity (Wildman–Crippen MR) is 77.3 cm³/mol. The Morgan fingerprint density at radius 2 is 1.45 bits per heavy atom. The van der Waals surface area contributed by atoms with E-state index in [4.69, 9.17) is 0 Å². The SMILES string of the molecule is CCc1cc[n+](CCC[n+]2ccc(C(C)=O)cc2)cc1. The van der Waals surface area contributed by atoms with Gasteiger partial charge in [-0.2, -0.15) is 0 Å². The molecule has 0 aliphatic rings. The molecule has 0 saturated heterocycles. The van der Waals surface area contributed by atoms with Crippen LogP contribution in [0.1, 0.15) is 36.2 Å². The maximum Gasteiger partial charge on any atom is 0.169 e. The molecule has 0 aromatic carbocycles. The highest BCUT2D eigenvalue weighted by atomic mass is 16.1. The van der Waals surface area contributed by atoms with Crippen LogP contribution in [0.4, 0.5) is 0 Å². The molecule has 2 aromatic rings. The maximum absolute atomic E-state index is 11.2. The summed E-state index contributed by atoms with van der Waals surface area (Å²) in [4.78, 5) is 11.2. The van der Waals surface area contributed by atoms with Crippen LogP contribution in [0.2, 0.25) is 0 Å². The van der Waals surface area contributed by atoms with Gasteiger partial charge >= 0.3 is 0 Å². The lowest BCUT2D eigenvalue weighted by atomic mass is 10.2. The van der Waals surface area contributed by atoms with Crippen molar-refractivity contribution in [2.45, 2.75) is 39.8 Å². The summed E-state index contributed by atoms with van der Waals surface area (Å²) in [5.41, 5.74) is 2.14. The first-order chi connectivity index (χ1) is 9.69. The second kappa shape index (κ2) is 6.94. The lowest BCUT2D eigenvalue weighted by Gasteiger charge is -1.98. The highest BCUT2D eigenvalue weighted by molar-refractivity contribution is 5.93. The van der Waals surface area contributed by atoms with Crippen molar-refractivity contribution in [2.75, 3.05) is 0 Å². The topological polar surface area (TPSA) is 24.8 Å². The monoisotopic (exact) mass is 270 g/mol. The largest absolute Gasteiger partial charge is 0.295 e. The number of carbonyl (C=O) groups excluding carboxylic acids is 1. The van der Waals surface area contributed by atoms with Gasteiger partial charge in [-0.25, -0.2) is 9.13 Å². The Hall–Kier alpha value is -2.03. The zero-order valence-corrected chi connectivity index (χ0v) is 12.2. The zero-order chi connectivity index (χ0) is 14.4. The van der Waals surface area contributed by atoms with Crippen LogP contribution in [-0.2, 0) is 19.5 Å². The molecule has 20 heavy (non-hydrogen) atoms. The molecule has 0 saturated carbocycles. The van der Waals surface area contributed by atoms with Crippen molar-refractivity contribution in [1.82, 2.24) is 0 Å². The molecule has 0 unspecified atom stereocenters. The summed E-state index contributed by atoms with van der Waals surface area (Å²) in [6.45, 7) is 5.73. The number of aromatic nitrogens is 2. The van der Waals surface area contributed by atoms with Gasteiger partial charge in [0.05, 0.1) is 6.42 Å². The molecule has 0 fully saturated rings. The van der Waals surface area contributed by atoms with Crippen molar-refractivity contribution in [3.63, 3.8) is 0 Å². The average molecular weight is 270 g/mol. The fourth-order valence-electron chi connectivity index (χ4n) is 2.15. The molecule has 2 aromatic heterocycles. The molecule has 0 bridgehead atoms. The molecular weight excluding hydrogens is 248 g/mol. The lowest BCUT2D eigenvalue weighted by molar-refractivity contribution is -0.726. The van der Waals surface area contributed by atoms with Crippen molar-refractivity contribution in [1.29, 1.82) is 0 Å². The van der Waals surface area contributed by atoms with Gasteiger partial charge in [0, 0.05) is 29.8 Å². The minimum absolute atomic E-state index is 0.115. The van der Waals surface area contributed by atoms with Gasteiger partial charge in [-0.05, 0) is 18.9 Å². The van der Waals surface area contributed by atoms with Crippen LogP contribution in [0.3, 0.4) is 0 Å². The summed E-state index contributed by atoms with van der Waals surface area (Å²) >= 11 is 0. The van der Waals surface area contributed by atoms with Gasteiger partial charge < -0.3 is 0 Å². The van der Waals surface area contributed by atoms with E-state index in [2.05, 4.69) is 40.6 Å². The van der Waals surface area contributed by atoms with Crippen molar-refractivity contribution in [3.05, 3.63) is 60.2 Å². The van der Waals surface area contributed by atoms with Gasteiger partial charge in [-0.1, -0.05) is 6.92 Å². The molecule has 0 atom stereocenters. The number of hydrogen-bond acceptors (Lipinski definition) is 1. The lowest BCUT2D eigenvalue weighted by Crippen LogP contribution is -2.38. The average Bonchev–Trinajstić information content (AvgIpc) is 2.48. The van der Waals surface area contributed by atoms with Gasteiger partial charge in [0.2, 0.25) is 0 Å². The molecule has 0 N–H and O–H groups in total. The predicted octanol–water partition coefficient (Wildman–Crippen LogP) is 2.12. The molecular formula is C17H22N2O+2. The Bertz CT molecular complexity index is 559. The summed E-state index contributed by atoms with van der Waals surface area (Å²) in [7, 11) is 0. The van der Waals surface area contributed by atoms with Crippen molar-refractivity contribution < 1.29 is 13.9 Å². The Kier molecular flexibility index (Phi) is 4.99. The molecule has 0 amide bonds. The Morgan fingerprint density at radius 1 is 0.950 bits per heavy atom. The quantitative estimate of drug-likeness (QED) is 0.583. The minimum Gasteiger partial charge on any atom is -0.295 e. The second-order valence-electron chi connectivity index (χ2n) is 5.03. The highest BCUT2D eigenvalue weighted by Gasteiger charge is 2.06. The van der Waals surface area contributed by atoms with E-state index in [-0.39, 0.29) is 5.78 Å². The molecule has 2 heterocycles. The van der Waals surface area contributed by atoms with Gasteiger partial charge in [0.1, 0.15) is 0 Å². The van der Waals surface area contributed by atoms with E-state index in [9.17, 15) is 4.79 Å². The number of Topliss-reactive ketones (excluding diaryl/α,β-unsaturated/α-hetero) is 1. The number of hydrogen-bond donors (Lipinski definition) is 0. The standard InChI is InChI=1S/C17H22N2O/c1-3-16-5-11-18(12-6-16)9-4-10-19-13-7-17(8-14-19)15(2)20/h5-8,11-14H,3-4,9-10H2,1-2H3/q+2. The van der Waals surface area contributed by atoms with Crippen molar-refractivity contribution in [3.8, 4) is 0 Å². The van der Waals surface area contributed by atoms with E-state index >= 15 is 0 Å². The van der Waals surface area contributed by atoms with Crippen LogP contribution in [0.25, 0.3) is 0 Å². The number of ketones is 1. The Morgan fingerprint density at radius 3 is 1.90 bits per heavy atom. The summed E-state index contributed by atoms with van der Waals surface area (Å²) < 4.78 is 4.33. The molecule has 0 aliphatic heterocycles. The number of carbonyl (C=O) groups is 1. The summed E-state index contributed by atoms with van der Waals surface area (Å²) in [5, 5.41) is 0. The highest BCUT2D eigenvalue weighted by Crippen LogP contribution is 1.97. The molecule has 0 spiro atoms. The molecule has 0 radical (unpaired) electrons. The maximum atomic E-state index is 11.2. The smallest absolute Gasteiger partial charge is 0.169 e. The van der Waals surface area contributed by atoms with Gasteiger partial charge in [-0.3, -0.25) is 4.79 Å². The number of rotatable bonds is 6. The first kappa shape index (κ1) is 14.4. The van der Waals surface area contributed by atoms with Gasteiger partial charge in [-0.15, -0.1) is 0 Å². The van der Waals surface area contributed by atoms with E-state index in [0.29, 0.717) is 0 Å². The molecule has 0 aliphatic carbocycles. The number of aryl methyl sites for hydroxylation is 3. The molecule has 2 rings (SSSR count). The van der Waals surface area contributed by atoms with E-state index in [1.54, 1.807) is 6.92 Å². The molecule has 3 nitrogen and oxygen atoms in total. The third kappa shape index (κ3) is 3.98. The summed E-state index contributed by atoms with van der Waals surface area (Å²) in [6, 6.07) is 8.11. The van der Waals surface area contributed by atoms with Crippen LogP contribution in [0.15, 0.2) is 49.1 Å². The van der Waals surface area contributed by atoms with Crippen LogP contribution >= 0.6 is 0 Å². The van der Waals surface area contributed by atoms with E-state index in [1.807, 2.05) is 24.5 Å². The molecule has 104 valence electrons. The normalized spacial score (nSPS) is 10.5. The van der Waals surface area contributed by atoms with E-state index in [1.165, 1.54) is 5.56 Å². The van der Waals surface area contributed by atoms with E-state index < -0.39 is 0 Å². The van der Waals surface area contributed by atoms with Gasteiger partial charge in [0.15, 0.2) is 43.7 Å². The Balaban J connectivity index is 1.84. The van der Waals surface area contributed by atoms with Crippen LogP contribution in [0, 0.1) is 0 Å². The Labute approximate surface area is 120 Å². The fraction of sp³-hybridized carbons (Fsp3) is 0.353. The fourth-order valence-corrected chi connectivity index (χ4v) is 2.15. The van der Waals surface area contributed by atoms with Crippen molar-refractivity contribution >= 4 is 5.78 Å². The zero-order valence-electron chi connectivity index (χ0n) is 12.2. The second-order valence-corrected chi connectivity index (χ2v) is 5.03. The number of pyridine rings is 2. The molecule has 3 heteroatoms. The van der Waals surface area contributed by atoms with Gasteiger partial charge in [0.25, 0.3) is 0 Å². The van der Waals surface area contributed by atoms with Crippen molar-refractivity contribution in [2.24, 2.45) is 0 Å². The first-order valence-corrected chi connectivity index (χ1v) is 7.17. The third-order valence-corrected chi connectivity index (χ3v) is 3.50. The van der Waals surface area contributed by atoms with E-state index in [0.717, 1.165) is 31.5 Å². The van der Waals surface area contributed by atoms with Crippen LogP contribution < -0.4 is 9.13 Å². The minimum atomic E-state index is 0.115. The summed E-state index contributed by atoms with van der Waals surface area (Å²) in [5.74, 6) is 0.115. The van der Waals surface area contributed by atoms with Crippen LogP contribution in [0.5, 0.6) is 0 Å². The summed E-state index contributed by atoms with van der Waals surface area (Å²) in [6.07, 6.45) is 10.4. The first-order valence-electron chi connectivity index (χ1n) is 7.17. The number of nitrogens with zero attached hydrogens (tertiary/aromatic N) is 2.